The van der Waals surface area contributed by atoms with Crippen LogP contribution in [0.1, 0.15) is 13.8 Å². The van der Waals surface area contributed by atoms with E-state index in [4.69, 9.17) is 9.47 Å². The summed E-state index contributed by atoms with van der Waals surface area (Å²) in [4.78, 5) is 11.0. The number of hydrogen-bond acceptors (Lipinski definition) is 4. The van der Waals surface area contributed by atoms with E-state index in [1.54, 1.807) is 0 Å². The fraction of sp³-hybridized carbons (Fsp3) is 0.875. The molecule has 1 saturated heterocycles. The van der Waals surface area contributed by atoms with Crippen molar-refractivity contribution in [2.75, 3.05) is 25.5 Å². The highest BCUT2D eigenvalue weighted by Crippen LogP contribution is 2.02. The minimum atomic E-state index is -0.699. The van der Waals surface area contributed by atoms with Crippen LogP contribution in [0, 0.1) is 0 Å². The van der Waals surface area contributed by atoms with E-state index in [9.17, 15) is 4.79 Å². The van der Waals surface area contributed by atoms with Crippen LogP contribution in [0.25, 0.3) is 0 Å². The molecule has 78 valence electrons. The summed E-state index contributed by atoms with van der Waals surface area (Å²) in [6.07, 6.45) is -0.699. The zero-order chi connectivity index (χ0) is 10.1. The third kappa shape index (κ3) is 5.13. The van der Waals surface area contributed by atoms with Crippen LogP contribution in [0.2, 0.25) is 0 Å². The Morgan fingerprint density at radius 2 is 2.00 bits per heavy atom. The van der Waals surface area contributed by atoms with E-state index in [1.807, 2.05) is 13.8 Å². The molecule has 1 aliphatic heterocycles. The number of rotatable bonds is 3. The summed E-state index contributed by atoms with van der Waals surface area (Å²) in [6, 6.07) is 0. The van der Waals surface area contributed by atoms with Gasteiger partial charge in [-0.15, -0.1) is 0 Å². The molecule has 1 heterocycles. The van der Waals surface area contributed by atoms with Gasteiger partial charge < -0.3 is 14.8 Å². The van der Waals surface area contributed by atoms with Crippen molar-refractivity contribution in [3.8, 4) is 0 Å². The number of carbonyl (C=O) groups is 1. The molecule has 1 amide bonds. The fourth-order valence-corrected chi connectivity index (χ4v) is 0.884. The number of thiol groups is 1. The van der Waals surface area contributed by atoms with E-state index in [1.165, 1.54) is 0 Å². The van der Waals surface area contributed by atoms with Crippen LogP contribution >= 0.6 is 12.6 Å². The molecule has 0 radical (unpaired) electrons. The number of nitrogens with one attached hydrogen (secondary N) is 1. The number of carbonyl (C=O) groups excluding carboxylic acids is 1. The zero-order valence-corrected chi connectivity index (χ0v) is 8.97. The van der Waals surface area contributed by atoms with Crippen LogP contribution in [0.15, 0.2) is 0 Å². The summed E-state index contributed by atoms with van der Waals surface area (Å²) in [6.45, 7) is 5.54. The van der Waals surface area contributed by atoms with Gasteiger partial charge in [0.25, 0.3) is 5.91 Å². The van der Waals surface area contributed by atoms with Crippen molar-refractivity contribution in [1.82, 2.24) is 5.32 Å². The van der Waals surface area contributed by atoms with Gasteiger partial charge in [-0.05, 0) is 0 Å². The van der Waals surface area contributed by atoms with Crippen molar-refractivity contribution in [2.45, 2.75) is 20.1 Å². The van der Waals surface area contributed by atoms with Crippen molar-refractivity contribution in [2.24, 2.45) is 0 Å². The second kappa shape index (κ2) is 8.34. The van der Waals surface area contributed by atoms with E-state index in [-0.39, 0.29) is 5.91 Å². The average Bonchev–Trinajstić information content (AvgIpc) is 2.70. The van der Waals surface area contributed by atoms with Crippen LogP contribution in [-0.2, 0) is 14.3 Å². The molecule has 1 rings (SSSR count). The van der Waals surface area contributed by atoms with Gasteiger partial charge in [0.05, 0.1) is 13.2 Å². The lowest BCUT2D eigenvalue weighted by Gasteiger charge is -2.07. The van der Waals surface area contributed by atoms with Gasteiger partial charge in [-0.25, -0.2) is 0 Å². The molecule has 0 aromatic carbocycles. The Labute approximate surface area is 84.4 Å². The summed E-state index contributed by atoms with van der Waals surface area (Å²) in [7, 11) is 0. The Hall–Kier alpha value is -0.260. The molecule has 1 aliphatic rings. The second-order valence-electron chi connectivity index (χ2n) is 2.09. The van der Waals surface area contributed by atoms with Gasteiger partial charge in [0.15, 0.2) is 0 Å². The Morgan fingerprint density at radius 3 is 2.46 bits per heavy atom. The van der Waals surface area contributed by atoms with Gasteiger partial charge in [-0.3, -0.25) is 4.79 Å². The second-order valence-corrected chi connectivity index (χ2v) is 2.54. The lowest BCUT2D eigenvalue weighted by atomic mass is 10.5. The molecule has 0 unspecified atom stereocenters. The largest absolute Gasteiger partial charge is 0.351 e. The van der Waals surface area contributed by atoms with Crippen LogP contribution in [0.3, 0.4) is 0 Å². The van der Waals surface area contributed by atoms with Gasteiger partial charge >= 0.3 is 0 Å². The first kappa shape index (κ1) is 12.7. The topological polar surface area (TPSA) is 47.6 Å². The maximum atomic E-state index is 11.0. The Kier molecular flexibility index (Phi) is 8.18. The van der Waals surface area contributed by atoms with E-state index < -0.39 is 6.29 Å². The first-order chi connectivity index (χ1) is 6.34. The average molecular weight is 207 g/mol. The third-order valence-electron chi connectivity index (χ3n) is 1.25. The predicted octanol–water partition coefficient (Wildman–Crippen LogP) is 0.431. The highest BCUT2D eigenvalue weighted by atomic mass is 32.1. The minimum absolute atomic E-state index is 0.212. The van der Waals surface area contributed by atoms with Crippen molar-refractivity contribution >= 4 is 18.5 Å². The summed E-state index contributed by atoms with van der Waals surface area (Å²) in [5, 5.41) is 2.61. The molecule has 0 aromatic rings. The highest BCUT2D eigenvalue weighted by molar-refractivity contribution is 7.80. The molecule has 1 N–H and O–H groups in total. The minimum Gasteiger partial charge on any atom is -0.351 e. The molecule has 0 aromatic heterocycles. The van der Waals surface area contributed by atoms with Gasteiger partial charge in [-0.1, -0.05) is 13.8 Å². The third-order valence-corrected chi connectivity index (χ3v) is 1.47. The smallest absolute Gasteiger partial charge is 0.277 e. The lowest BCUT2D eigenvalue weighted by molar-refractivity contribution is -0.146. The van der Waals surface area contributed by atoms with Crippen molar-refractivity contribution in [1.29, 1.82) is 0 Å². The molecular formula is C8H17NO3S. The summed E-state index contributed by atoms with van der Waals surface area (Å²) in [5.41, 5.74) is 0. The summed E-state index contributed by atoms with van der Waals surface area (Å²) >= 11 is 3.94. The number of amides is 1. The van der Waals surface area contributed by atoms with E-state index >= 15 is 0 Å². The standard InChI is InChI=1S/C6H11NO3S.C2H6/c8-5(7-1-4-11)6-9-2-3-10-6;1-2/h6,11H,1-4H2,(H,7,8);1-2H3. The first-order valence-corrected chi connectivity index (χ1v) is 5.09. The fourth-order valence-electron chi connectivity index (χ4n) is 0.772. The summed E-state index contributed by atoms with van der Waals surface area (Å²) in [5.74, 6) is 0.412. The molecule has 0 aliphatic carbocycles. The highest BCUT2D eigenvalue weighted by Gasteiger charge is 2.23. The maximum Gasteiger partial charge on any atom is 0.277 e. The van der Waals surface area contributed by atoms with Gasteiger partial charge in [0.1, 0.15) is 0 Å². The SMILES string of the molecule is CC.O=C(NCCS)C1OCCO1. The van der Waals surface area contributed by atoms with Crippen molar-refractivity contribution < 1.29 is 14.3 Å². The molecule has 0 bridgehead atoms. The van der Waals surface area contributed by atoms with E-state index in [0.717, 1.165) is 0 Å². The van der Waals surface area contributed by atoms with Gasteiger partial charge in [0.2, 0.25) is 6.29 Å². The molecule has 5 heteroatoms. The van der Waals surface area contributed by atoms with Gasteiger partial charge in [0, 0.05) is 12.3 Å². The van der Waals surface area contributed by atoms with E-state index in [0.29, 0.717) is 25.5 Å². The maximum absolute atomic E-state index is 11.0. The Morgan fingerprint density at radius 1 is 1.46 bits per heavy atom. The van der Waals surface area contributed by atoms with Crippen molar-refractivity contribution in [3.05, 3.63) is 0 Å². The van der Waals surface area contributed by atoms with Crippen LogP contribution in [0.4, 0.5) is 0 Å². The Bertz CT molecular complexity index is 137. The lowest BCUT2D eigenvalue weighted by Crippen LogP contribution is -2.36. The number of hydrogen-bond donors (Lipinski definition) is 2. The van der Waals surface area contributed by atoms with Crippen molar-refractivity contribution in [3.63, 3.8) is 0 Å². The van der Waals surface area contributed by atoms with E-state index in [2.05, 4.69) is 17.9 Å². The molecular weight excluding hydrogens is 190 g/mol. The predicted molar refractivity (Wildman–Crippen MR) is 53.9 cm³/mol. The zero-order valence-electron chi connectivity index (χ0n) is 8.08. The number of ether oxygens (including phenoxy) is 2. The van der Waals surface area contributed by atoms with Crippen LogP contribution < -0.4 is 5.32 Å². The quantitative estimate of drug-likeness (QED) is 0.660. The van der Waals surface area contributed by atoms with Crippen LogP contribution in [-0.4, -0.2) is 37.7 Å². The normalized spacial score (nSPS) is 16.2. The van der Waals surface area contributed by atoms with Crippen LogP contribution in [0.5, 0.6) is 0 Å². The molecule has 0 spiro atoms. The molecule has 4 nitrogen and oxygen atoms in total. The van der Waals surface area contributed by atoms with Gasteiger partial charge in [-0.2, -0.15) is 12.6 Å². The monoisotopic (exact) mass is 207 g/mol. The molecule has 13 heavy (non-hydrogen) atoms. The first-order valence-electron chi connectivity index (χ1n) is 4.46. The summed E-state index contributed by atoms with van der Waals surface area (Å²) < 4.78 is 9.91. The molecule has 1 fully saturated rings. The molecule has 0 atom stereocenters. The Balaban J connectivity index is 0.000000671. The molecule has 0 saturated carbocycles.